The van der Waals surface area contributed by atoms with Gasteiger partial charge in [-0.15, -0.1) is 0 Å². The van der Waals surface area contributed by atoms with Gasteiger partial charge in [0.15, 0.2) is 0 Å². The van der Waals surface area contributed by atoms with E-state index in [4.69, 9.17) is 5.53 Å². The minimum Gasteiger partial charge on any atom is -0.0925 e. The van der Waals surface area contributed by atoms with Crippen molar-refractivity contribution in [2.45, 2.75) is 6.92 Å². The molecule has 0 heterocycles. The summed E-state index contributed by atoms with van der Waals surface area (Å²) in [5.74, 6) is 15.1. The second-order valence-corrected chi connectivity index (χ2v) is 1.32. The Bertz CT molecular complexity index is 329. The number of hydrogen-bond donors (Lipinski definition) is 0. The van der Waals surface area contributed by atoms with Crippen molar-refractivity contribution >= 4 is 0 Å². The van der Waals surface area contributed by atoms with Crippen LogP contribution in [-0.2, 0) is 0 Å². The fraction of sp³-hybridized carbons (Fsp3) is 0.250. The number of azide groups is 1. The van der Waals surface area contributed by atoms with Gasteiger partial charge in [-0.25, -0.2) is 0 Å². The number of rotatable bonds is 1. The van der Waals surface area contributed by atoms with Crippen molar-refractivity contribution < 1.29 is 0 Å². The van der Waals surface area contributed by atoms with Crippen LogP contribution in [0.3, 0.4) is 0 Å². The maximum Gasteiger partial charge on any atom is 0.0887 e. The Hall–Kier alpha value is -2.01. The van der Waals surface area contributed by atoms with Gasteiger partial charge >= 0.3 is 0 Å². The minimum absolute atomic E-state index is 0.157. The summed E-state index contributed by atoms with van der Waals surface area (Å²) < 4.78 is 0. The standard InChI is InChI=1S/C8H5N3/c1-2-3-4-5-6-7-8-10-11-9/h8H2,1H3. The van der Waals surface area contributed by atoms with Crippen LogP contribution >= 0.6 is 0 Å². The van der Waals surface area contributed by atoms with Gasteiger partial charge in [-0.2, -0.15) is 0 Å². The van der Waals surface area contributed by atoms with Crippen LogP contribution in [0.15, 0.2) is 5.11 Å². The monoisotopic (exact) mass is 143 g/mol. The average Bonchev–Trinajstić information content (AvgIpc) is 2.03. The molecule has 0 amide bonds. The molecule has 11 heavy (non-hydrogen) atoms. The molecular formula is C8H5N3. The van der Waals surface area contributed by atoms with Gasteiger partial charge in [0.2, 0.25) is 0 Å². The molecule has 0 aliphatic carbocycles. The largest absolute Gasteiger partial charge is 0.0925 e. The van der Waals surface area contributed by atoms with E-state index in [2.05, 4.69) is 45.5 Å². The van der Waals surface area contributed by atoms with Crippen LogP contribution in [0.5, 0.6) is 0 Å². The topological polar surface area (TPSA) is 48.8 Å². The molecule has 0 saturated carbocycles. The quantitative estimate of drug-likeness (QED) is 0.230. The Morgan fingerprint density at radius 1 is 1.27 bits per heavy atom. The van der Waals surface area contributed by atoms with Gasteiger partial charge in [0, 0.05) is 4.91 Å². The van der Waals surface area contributed by atoms with Crippen LogP contribution in [0.1, 0.15) is 6.92 Å². The maximum atomic E-state index is 7.84. The molecule has 3 heteroatoms. The molecule has 52 valence electrons. The van der Waals surface area contributed by atoms with E-state index in [-0.39, 0.29) is 6.54 Å². The van der Waals surface area contributed by atoms with E-state index in [1.807, 2.05) is 0 Å². The van der Waals surface area contributed by atoms with E-state index in [1.54, 1.807) is 6.92 Å². The average molecular weight is 143 g/mol. The molecule has 0 bridgehead atoms. The fourth-order valence-electron chi connectivity index (χ4n) is 0.276. The van der Waals surface area contributed by atoms with Crippen LogP contribution < -0.4 is 0 Å². The maximum absolute atomic E-state index is 7.84. The predicted molar refractivity (Wildman–Crippen MR) is 43.0 cm³/mol. The molecular weight excluding hydrogens is 138 g/mol. The molecule has 0 saturated heterocycles. The van der Waals surface area contributed by atoms with Crippen molar-refractivity contribution in [3.8, 4) is 35.5 Å². The van der Waals surface area contributed by atoms with E-state index in [0.717, 1.165) is 0 Å². The first kappa shape index (κ1) is 8.99. The minimum atomic E-state index is 0.157. The third-order valence-corrected chi connectivity index (χ3v) is 0.614. The molecule has 0 spiro atoms. The van der Waals surface area contributed by atoms with Crippen molar-refractivity contribution in [3.63, 3.8) is 0 Å². The Morgan fingerprint density at radius 2 is 2.00 bits per heavy atom. The van der Waals surface area contributed by atoms with Crippen molar-refractivity contribution in [1.82, 2.24) is 0 Å². The first-order valence-electron chi connectivity index (χ1n) is 2.82. The molecule has 0 radical (unpaired) electrons. The van der Waals surface area contributed by atoms with Gasteiger partial charge in [-0.3, -0.25) is 0 Å². The van der Waals surface area contributed by atoms with Crippen LogP contribution in [-0.4, -0.2) is 6.54 Å². The summed E-state index contributed by atoms with van der Waals surface area (Å²) in [5, 5.41) is 3.19. The lowest BCUT2D eigenvalue weighted by molar-refractivity contribution is 1.25. The highest BCUT2D eigenvalue weighted by molar-refractivity contribution is 5.35. The normalized spacial score (nSPS) is 4.82. The lowest BCUT2D eigenvalue weighted by atomic mass is 10.5. The fourth-order valence-corrected chi connectivity index (χ4v) is 0.276. The zero-order valence-electron chi connectivity index (χ0n) is 6.05. The summed E-state index contributed by atoms with van der Waals surface area (Å²) in [7, 11) is 0. The van der Waals surface area contributed by atoms with Crippen molar-refractivity contribution in [2.75, 3.05) is 6.54 Å². The van der Waals surface area contributed by atoms with Gasteiger partial charge in [-0.1, -0.05) is 17.0 Å². The third-order valence-electron chi connectivity index (χ3n) is 0.614. The molecule has 0 aliphatic rings. The van der Waals surface area contributed by atoms with E-state index >= 15 is 0 Å². The van der Waals surface area contributed by atoms with Crippen LogP contribution in [0, 0.1) is 35.5 Å². The molecule has 0 atom stereocenters. The zero-order valence-corrected chi connectivity index (χ0v) is 6.05. The molecule has 0 rings (SSSR count). The lowest BCUT2D eigenvalue weighted by Gasteiger charge is -1.63. The van der Waals surface area contributed by atoms with Gasteiger partial charge in [0.1, 0.15) is 0 Å². The summed E-state index contributed by atoms with van der Waals surface area (Å²) >= 11 is 0. The molecule has 0 aromatic rings. The van der Waals surface area contributed by atoms with Gasteiger partial charge in [0.25, 0.3) is 0 Å². The van der Waals surface area contributed by atoms with Crippen molar-refractivity contribution in [3.05, 3.63) is 10.4 Å². The summed E-state index contributed by atoms with van der Waals surface area (Å²) in [6, 6.07) is 0. The van der Waals surface area contributed by atoms with Gasteiger partial charge in [0.05, 0.1) is 6.54 Å². The highest BCUT2D eigenvalue weighted by atomic mass is 15.1. The van der Waals surface area contributed by atoms with Crippen LogP contribution in [0.2, 0.25) is 0 Å². The Kier molecular flexibility index (Phi) is 6.53. The summed E-state index contributed by atoms with van der Waals surface area (Å²) in [5.41, 5.74) is 7.84. The van der Waals surface area contributed by atoms with Gasteiger partial charge in [-0.05, 0) is 36.1 Å². The zero-order chi connectivity index (χ0) is 8.36. The molecule has 3 nitrogen and oxygen atoms in total. The summed E-state index contributed by atoms with van der Waals surface area (Å²) in [6.45, 7) is 1.85. The Balaban J connectivity index is 3.80. The highest BCUT2D eigenvalue weighted by Crippen LogP contribution is 1.65. The highest BCUT2D eigenvalue weighted by Gasteiger charge is 1.62. The first-order valence-corrected chi connectivity index (χ1v) is 2.82. The number of hydrogen-bond acceptors (Lipinski definition) is 1. The summed E-state index contributed by atoms with van der Waals surface area (Å²) in [4.78, 5) is 2.52. The molecule has 0 aliphatic heterocycles. The molecule has 0 unspecified atom stereocenters. The smallest absolute Gasteiger partial charge is 0.0887 e. The van der Waals surface area contributed by atoms with E-state index in [0.29, 0.717) is 0 Å². The second kappa shape index (κ2) is 7.99. The first-order chi connectivity index (χ1) is 5.41. The SMILES string of the molecule is CC#CC#CC#CCN=[N+]=[N-]. The molecule has 0 aromatic heterocycles. The molecule has 0 aromatic carbocycles. The van der Waals surface area contributed by atoms with Gasteiger partial charge < -0.3 is 0 Å². The Labute approximate surface area is 65.4 Å². The van der Waals surface area contributed by atoms with Crippen LogP contribution in [0.25, 0.3) is 10.4 Å². The van der Waals surface area contributed by atoms with E-state index < -0.39 is 0 Å². The lowest BCUT2D eigenvalue weighted by Crippen LogP contribution is -1.65. The predicted octanol–water partition coefficient (Wildman–Crippen LogP) is 1.33. The molecule has 0 fully saturated rings. The van der Waals surface area contributed by atoms with Crippen LogP contribution in [0.4, 0.5) is 0 Å². The number of nitrogens with zero attached hydrogens (tertiary/aromatic N) is 3. The Morgan fingerprint density at radius 3 is 2.64 bits per heavy atom. The van der Waals surface area contributed by atoms with E-state index in [1.165, 1.54) is 0 Å². The summed E-state index contributed by atoms with van der Waals surface area (Å²) in [6.07, 6.45) is 0. The van der Waals surface area contributed by atoms with Crippen molar-refractivity contribution in [2.24, 2.45) is 5.11 Å². The molecule has 0 N–H and O–H groups in total. The van der Waals surface area contributed by atoms with Crippen molar-refractivity contribution in [1.29, 1.82) is 0 Å². The third kappa shape index (κ3) is 7.99. The second-order valence-electron chi connectivity index (χ2n) is 1.32. The van der Waals surface area contributed by atoms with E-state index in [9.17, 15) is 0 Å².